The van der Waals surface area contributed by atoms with Crippen molar-refractivity contribution in [2.24, 2.45) is 0 Å². The average Bonchev–Trinajstić information content (AvgIpc) is 3.04. The van der Waals surface area contributed by atoms with Crippen LogP contribution in [0.15, 0.2) is 54.7 Å². The van der Waals surface area contributed by atoms with Gasteiger partial charge in [-0.05, 0) is 36.8 Å². The summed E-state index contributed by atoms with van der Waals surface area (Å²) in [4.78, 5) is 4.60. The van der Waals surface area contributed by atoms with Crippen LogP contribution >= 0.6 is 23.2 Å². The van der Waals surface area contributed by atoms with Crippen LogP contribution in [0.5, 0.6) is 6.01 Å². The average molecular weight is 345 g/mol. The number of halogens is 2. The van der Waals surface area contributed by atoms with Gasteiger partial charge in [0, 0.05) is 21.8 Å². The van der Waals surface area contributed by atoms with E-state index in [1.165, 1.54) is 0 Å². The molecule has 116 valence electrons. The van der Waals surface area contributed by atoms with E-state index in [1.807, 2.05) is 59.3 Å². The van der Waals surface area contributed by atoms with Crippen molar-refractivity contribution in [3.8, 4) is 17.3 Å². The van der Waals surface area contributed by atoms with Crippen LogP contribution in [0.1, 0.15) is 12.5 Å². The van der Waals surface area contributed by atoms with Gasteiger partial charge in [-0.25, -0.2) is 0 Å². The highest BCUT2D eigenvalue weighted by Crippen LogP contribution is 2.38. The SMILES string of the molecule is CC1(c2ccc(Cl)cc2)Cn2cc(-c3ccc(Cl)cc3)nc2O1. The molecule has 4 rings (SSSR count). The van der Waals surface area contributed by atoms with E-state index < -0.39 is 5.60 Å². The van der Waals surface area contributed by atoms with Gasteiger partial charge in [0.05, 0.1) is 12.2 Å². The molecule has 0 radical (unpaired) electrons. The zero-order chi connectivity index (χ0) is 16.0. The van der Waals surface area contributed by atoms with Crippen molar-refractivity contribution < 1.29 is 4.74 Å². The summed E-state index contributed by atoms with van der Waals surface area (Å²) < 4.78 is 8.17. The van der Waals surface area contributed by atoms with Gasteiger partial charge in [-0.3, -0.25) is 4.57 Å². The molecule has 1 aliphatic heterocycles. The van der Waals surface area contributed by atoms with Crippen LogP contribution in [0.3, 0.4) is 0 Å². The van der Waals surface area contributed by atoms with E-state index in [2.05, 4.69) is 11.9 Å². The predicted octanol–water partition coefficient (Wildman–Crippen LogP) is 5.16. The predicted molar refractivity (Wildman–Crippen MR) is 92.1 cm³/mol. The van der Waals surface area contributed by atoms with Crippen LogP contribution in [0, 0.1) is 0 Å². The first-order valence-corrected chi connectivity index (χ1v) is 8.07. The topological polar surface area (TPSA) is 27.1 Å². The van der Waals surface area contributed by atoms with Crippen LogP contribution in [-0.2, 0) is 12.1 Å². The molecule has 2 aromatic carbocycles. The number of benzene rings is 2. The third kappa shape index (κ3) is 2.60. The second kappa shape index (κ2) is 5.29. The van der Waals surface area contributed by atoms with Gasteiger partial charge < -0.3 is 4.74 Å². The number of fused-ring (bicyclic) bond motifs is 1. The van der Waals surface area contributed by atoms with Crippen LogP contribution < -0.4 is 4.74 Å². The Morgan fingerprint density at radius 3 is 2.22 bits per heavy atom. The van der Waals surface area contributed by atoms with E-state index in [0.717, 1.165) is 21.8 Å². The van der Waals surface area contributed by atoms with Crippen molar-refractivity contribution in [1.29, 1.82) is 0 Å². The van der Waals surface area contributed by atoms with Crippen molar-refractivity contribution in [3.05, 3.63) is 70.3 Å². The number of rotatable bonds is 2. The Kier molecular flexibility index (Phi) is 3.36. The minimum Gasteiger partial charge on any atom is -0.452 e. The van der Waals surface area contributed by atoms with E-state index in [4.69, 9.17) is 27.9 Å². The minimum atomic E-state index is -0.425. The second-order valence-corrected chi connectivity index (χ2v) is 6.76. The molecular weight excluding hydrogens is 331 g/mol. The lowest BCUT2D eigenvalue weighted by Gasteiger charge is -2.23. The van der Waals surface area contributed by atoms with E-state index in [1.54, 1.807) is 0 Å². The molecule has 3 aromatic rings. The van der Waals surface area contributed by atoms with Gasteiger partial charge in [0.25, 0.3) is 6.01 Å². The lowest BCUT2D eigenvalue weighted by atomic mass is 9.96. The molecule has 1 unspecified atom stereocenters. The quantitative estimate of drug-likeness (QED) is 0.641. The van der Waals surface area contributed by atoms with Crippen LogP contribution in [0.4, 0.5) is 0 Å². The van der Waals surface area contributed by atoms with E-state index in [0.29, 0.717) is 17.6 Å². The maximum Gasteiger partial charge on any atom is 0.297 e. The standard InChI is InChI=1S/C18H14Cl2N2O/c1-18(13-4-8-15(20)9-5-13)11-22-10-16(21-17(22)23-18)12-2-6-14(19)7-3-12/h2-10H,11H2,1H3. The first-order chi connectivity index (χ1) is 11.0. The molecule has 0 amide bonds. The first-order valence-electron chi connectivity index (χ1n) is 7.32. The Morgan fingerprint density at radius 1 is 1.00 bits per heavy atom. The van der Waals surface area contributed by atoms with Gasteiger partial charge >= 0.3 is 0 Å². The summed E-state index contributed by atoms with van der Waals surface area (Å²) in [6, 6.07) is 16.0. The Hall–Kier alpha value is -1.97. The Labute approximate surface area is 144 Å². The molecule has 1 aliphatic rings. The van der Waals surface area contributed by atoms with E-state index in [9.17, 15) is 0 Å². The zero-order valence-corrected chi connectivity index (χ0v) is 14.0. The molecule has 2 heterocycles. The lowest BCUT2D eigenvalue weighted by molar-refractivity contribution is 0.108. The summed E-state index contributed by atoms with van der Waals surface area (Å²) in [5.41, 5.74) is 2.56. The molecule has 23 heavy (non-hydrogen) atoms. The zero-order valence-electron chi connectivity index (χ0n) is 12.5. The van der Waals surface area contributed by atoms with Gasteiger partial charge in [-0.2, -0.15) is 4.98 Å². The number of imidazole rings is 1. The monoisotopic (exact) mass is 344 g/mol. The molecule has 0 saturated heterocycles. The fraction of sp³-hybridized carbons (Fsp3) is 0.167. The van der Waals surface area contributed by atoms with Crippen molar-refractivity contribution in [2.45, 2.75) is 19.1 Å². The Morgan fingerprint density at radius 2 is 1.61 bits per heavy atom. The maximum atomic E-state index is 6.13. The Bertz CT molecular complexity index is 830. The fourth-order valence-corrected chi connectivity index (χ4v) is 3.12. The fourth-order valence-electron chi connectivity index (χ4n) is 2.86. The number of nitrogens with zero attached hydrogens (tertiary/aromatic N) is 2. The maximum absolute atomic E-state index is 6.13. The van der Waals surface area contributed by atoms with Crippen LogP contribution in [0.2, 0.25) is 10.0 Å². The summed E-state index contributed by atoms with van der Waals surface area (Å²) in [5.74, 6) is 0. The molecule has 0 bridgehead atoms. The highest BCUT2D eigenvalue weighted by Gasteiger charge is 2.38. The number of ether oxygens (including phenoxy) is 1. The van der Waals surface area contributed by atoms with E-state index >= 15 is 0 Å². The summed E-state index contributed by atoms with van der Waals surface area (Å²) in [5, 5.41) is 1.44. The largest absolute Gasteiger partial charge is 0.452 e. The second-order valence-electron chi connectivity index (χ2n) is 5.88. The van der Waals surface area contributed by atoms with Crippen molar-refractivity contribution in [2.75, 3.05) is 0 Å². The van der Waals surface area contributed by atoms with Gasteiger partial charge in [0.15, 0.2) is 5.60 Å². The summed E-state index contributed by atoms with van der Waals surface area (Å²) >= 11 is 11.9. The van der Waals surface area contributed by atoms with Crippen molar-refractivity contribution in [3.63, 3.8) is 0 Å². The molecule has 0 fully saturated rings. The van der Waals surface area contributed by atoms with Gasteiger partial charge in [0.2, 0.25) is 0 Å². The lowest BCUT2D eigenvalue weighted by Crippen LogP contribution is -2.28. The first kappa shape index (κ1) is 14.6. The third-order valence-corrected chi connectivity index (χ3v) is 4.63. The molecule has 1 atom stereocenters. The molecule has 0 saturated carbocycles. The molecule has 5 heteroatoms. The minimum absolute atomic E-state index is 0.425. The highest BCUT2D eigenvalue weighted by atomic mass is 35.5. The highest BCUT2D eigenvalue weighted by molar-refractivity contribution is 6.30. The van der Waals surface area contributed by atoms with Crippen LogP contribution in [-0.4, -0.2) is 9.55 Å². The van der Waals surface area contributed by atoms with Crippen LogP contribution in [0.25, 0.3) is 11.3 Å². The van der Waals surface area contributed by atoms with Gasteiger partial charge in [0.1, 0.15) is 0 Å². The smallest absolute Gasteiger partial charge is 0.297 e. The van der Waals surface area contributed by atoms with E-state index in [-0.39, 0.29) is 0 Å². The number of hydrogen-bond donors (Lipinski definition) is 0. The molecule has 0 aliphatic carbocycles. The van der Waals surface area contributed by atoms with Crippen molar-refractivity contribution in [1.82, 2.24) is 9.55 Å². The molecule has 0 N–H and O–H groups in total. The van der Waals surface area contributed by atoms with Crippen molar-refractivity contribution >= 4 is 23.2 Å². The summed E-state index contributed by atoms with van der Waals surface area (Å²) in [6.45, 7) is 2.78. The Balaban J connectivity index is 1.63. The normalized spacial score (nSPS) is 19.4. The third-order valence-electron chi connectivity index (χ3n) is 4.12. The molecular formula is C18H14Cl2N2O. The molecule has 1 aromatic heterocycles. The van der Waals surface area contributed by atoms with Gasteiger partial charge in [-0.1, -0.05) is 47.5 Å². The summed E-state index contributed by atoms with van der Waals surface area (Å²) in [6.07, 6.45) is 2.01. The summed E-state index contributed by atoms with van der Waals surface area (Å²) in [7, 11) is 0. The molecule has 0 spiro atoms. The van der Waals surface area contributed by atoms with Gasteiger partial charge in [-0.15, -0.1) is 0 Å². The number of aromatic nitrogens is 2. The number of hydrogen-bond acceptors (Lipinski definition) is 2. The molecule has 3 nitrogen and oxygen atoms in total.